The molecule has 0 aliphatic heterocycles. The van der Waals surface area contributed by atoms with E-state index in [2.05, 4.69) is 0 Å². The van der Waals surface area contributed by atoms with Gasteiger partial charge in [0.1, 0.15) is 5.54 Å². The van der Waals surface area contributed by atoms with Gasteiger partial charge in [-0.05, 0) is 26.2 Å². The molecule has 86 valence electrons. The lowest BCUT2D eigenvalue weighted by Gasteiger charge is -2.40. The minimum absolute atomic E-state index is 0.255. The van der Waals surface area contributed by atoms with Crippen LogP contribution in [-0.2, 0) is 9.59 Å². The Bertz CT molecular complexity index is 273. The number of carbonyl (C=O) groups is 2. The first-order valence-electron chi connectivity index (χ1n) is 5.38. The first kappa shape index (κ1) is 12.0. The van der Waals surface area contributed by atoms with Crippen LogP contribution in [0.25, 0.3) is 0 Å². The molecule has 0 bridgehead atoms. The number of hydrogen-bond donors (Lipinski definition) is 1. The largest absolute Gasteiger partial charge is 0.479 e. The zero-order valence-corrected chi connectivity index (χ0v) is 9.62. The molecule has 1 N–H and O–H groups in total. The fourth-order valence-corrected chi connectivity index (χ4v) is 2.02. The van der Waals surface area contributed by atoms with Crippen molar-refractivity contribution in [3.05, 3.63) is 0 Å². The third-order valence-corrected chi connectivity index (χ3v) is 3.76. The van der Waals surface area contributed by atoms with Crippen LogP contribution < -0.4 is 0 Å². The van der Waals surface area contributed by atoms with Crippen LogP contribution in [-0.4, -0.2) is 34.5 Å². The van der Waals surface area contributed by atoms with Crippen molar-refractivity contribution in [1.29, 1.82) is 0 Å². The number of carboxylic acid groups (broad SMARTS) is 1. The van der Waals surface area contributed by atoms with Gasteiger partial charge in [-0.3, -0.25) is 4.79 Å². The summed E-state index contributed by atoms with van der Waals surface area (Å²) in [6.07, 6.45) is 3.20. The zero-order chi connectivity index (χ0) is 11.7. The first-order chi connectivity index (χ1) is 6.92. The van der Waals surface area contributed by atoms with E-state index < -0.39 is 11.5 Å². The average molecular weight is 213 g/mol. The van der Waals surface area contributed by atoms with E-state index in [0.29, 0.717) is 13.0 Å². The SMILES string of the molecule is CCCN(C=O)C(C)(C(=O)O)C1(C)CC1. The van der Waals surface area contributed by atoms with Crippen molar-refractivity contribution in [1.82, 2.24) is 4.90 Å². The molecule has 0 spiro atoms. The fourth-order valence-electron chi connectivity index (χ4n) is 2.02. The Morgan fingerprint density at radius 2 is 2.13 bits per heavy atom. The van der Waals surface area contributed by atoms with Gasteiger partial charge in [-0.2, -0.15) is 0 Å². The molecule has 1 saturated carbocycles. The molecule has 0 aromatic rings. The molecule has 1 unspecified atom stereocenters. The van der Waals surface area contributed by atoms with Crippen LogP contribution in [0.2, 0.25) is 0 Å². The van der Waals surface area contributed by atoms with Crippen LogP contribution in [0, 0.1) is 5.41 Å². The summed E-state index contributed by atoms with van der Waals surface area (Å²) in [4.78, 5) is 23.8. The Labute approximate surface area is 90.3 Å². The van der Waals surface area contributed by atoms with Crippen LogP contribution in [0.3, 0.4) is 0 Å². The molecule has 1 fully saturated rings. The molecular weight excluding hydrogens is 194 g/mol. The predicted octanol–water partition coefficient (Wildman–Crippen LogP) is 1.50. The van der Waals surface area contributed by atoms with Gasteiger partial charge in [-0.1, -0.05) is 13.8 Å². The maximum atomic E-state index is 11.4. The molecule has 1 rings (SSSR count). The Balaban J connectivity index is 2.99. The fraction of sp³-hybridized carbons (Fsp3) is 0.818. The van der Waals surface area contributed by atoms with E-state index in [0.717, 1.165) is 19.3 Å². The summed E-state index contributed by atoms with van der Waals surface area (Å²) < 4.78 is 0. The topological polar surface area (TPSA) is 57.6 Å². The van der Waals surface area contributed by atoms with Crippen LogP contribution >= 0.6 is 0 Å². The van der Waals surface area contributed by atoms with Crippen molar-refractivity contribution in [2.45, 2.75) is 45.6 Å². The Hall–Kier alpha value is -1.06. The second kappa shape index (κ2) is 3.83. The molecule has 4 nitrogen and oxygen atoms in total. The van der Waals surface area contributed by atoms with Crippen molar-refractivity contribution in [3.63, 3.8) is 0 Å². The molecule has 4 heteroatoms. The summed E-state index contributed by atoms with van der Waals surface area (Å²) in [6, 6.07) is 0. The molecule has 15 heavy (non-hydrogen) atoms. The highest BCUT2D eigenvalue weighted by Gasteiger charge is 2.60. The minimum atomic E-state index is -1.05. The second-order valence-electron chi connectivity index (χ2n) is 4.74. The molecule has 1 aliphatic carbocycles. The Kier molecular flexibility index (Phi) is 3.07. The lowest BCUT2D eigenvalue weighted by atomic mass is 9.82. The molecule has 0 aromatic heterocycles. The predicted molar refractivity (Wildman–Crippen MR) is 56.4 cm³/mol. The van der Waals surface area contributed by atoms with E-state index in [1.54, 1.807) is 6.92 Å². The van der Waals surface area contributed by atoms with Gasteiger partial charge in [0.2, 0.25) is 6.41 Å². The van der Waals surface area contributed by atoms with Gasteiger partial charge in [-0.25, -0.2) is 4.79 Å². The van der Waals surface area contributed by atoms with Gasteiger partial charge >= 0.3 is 5.97 Å². The second-order valence-corrected chi connectivity index (χ2v) is 4.74. The maximum absolute atomic E-state index is 11.4. The highest BCUT2D eigenvalue weighted by atomic mass is 16.4. The molecule has 1 aliphatic rings. The lowest BCUT2D eigenvalue weighted by Crippen LogP contribution is -2.57. The van der Waals surface area contributed by atoms with Crippen molar-refractivity contribution in [2.75, 3.05) is 6.54 Å². The summed E-state index contributed by atoms with van der Waals surface area (Å²) in [6.45, 7) is 6.04. The van der Waals surface area contributed by atoms with Crippen molar-refractivity contribution >= 4 is 12.4 Å². The monoisotopic (exact) mass is 213 g/mol. The number of carboxylic acids is 1. The van der Waals surface area contributed by atoms with E-state index in [1.165, 1.54) is 4.90 Å². The smallest absolute Gasteiger partial charge is 0.329 e. The van der Waals surface area contributed by atoms with Gasteiger partial charge in [0, 0.05) is 12.0 Å². The number of amides is 1. The van der Waals surface area contributed by atoms with E-state index in [9.17, 15) is 14.7 Å². The molecule has 0 heterocycles. The molecule has 0 aromatic carbocycles. The Morgan fingerprint density at radius 3 is 2.40 bits per heavy atom. The standard InChI is InChI=1S/C11H19NO3/c1-4-7-12(8-13)11(3,9(14)15)10(2)5-6-10/h8H,4-7H2,1-3H3,(H,14,15). The van der Waals surface area contributed by atoms with E-state index in [4.69, 9.17) is 0 Å². The third-order valence-electron chi connectivity index (χ3n) is 3.76. The summed E-state index contributed by atoms with van der Waals surface area (Å²) >= 11 is 0. The third kappa shape index (κ3) is 1.73. The zero-order valence-electron chi connectivity index (χ0n) is 9.62. The quantitative estimate of drug-likeness (QED) is 0.680. The molecule has 0 saturated heterocycles. The first-order valence-corrected chi connectivity index (χ1v) is 5.38. The van der Waals surface area contributed by atoms with Crippen LogP contribution in [0.1, 0.15) is 40.0 Å². The highest BCUT2D eigenvalue weighted by Crippen LogP contribution is 2.55. The van der Waals surface area contributed by atoms with Crippen LogP contribution in [0.15, 0.2) is 0 Å². The summed E-state index contributed by atoms with van der Waals surface area (Å²) in [5.41, 5.74) is -1.31. The minimum Gasteiger partial charge on any atom is -0.479 e. The number of nitrogens with zero attached hydrogens (tertiary/aromatic N) is 1. The van der Waals surface area contributed by atoms with Crippen molar-refractivity contribution < 1.29 is 14.7 Å². The molecular formula is C11H19NO3. The molecule has 0 radical (unpaired) electrons. The summed E-state index contributed by atoms with van der Waals surface area (Å²) in [5, 5.41) is 9.34. The molecule has 1 atom stereocenters. The normalized spacial score (nSPS) is 21.5. The van der Waals surface area contributed by atoms with Crippen molar-refractivity contribution in [2.24, 2.45) is 5.41 Å². The van der Waals surface area contributed by atoms with E-state index in [-0.39, 0.29) is 5.41 Å². The lowest BCUT2D eigenvalue weighted by molar-refractivity contribution is -0.159. The van der Waals surface area contributed by atoms with Gasteiger partial charge in [0.15, 0.2) is 0 Å². The van der Waals surface area contributed by atoms with E-state index in [1.807, 2.05) is 13.8 Å². The average Bonchev–Trinajstić information content (AvgIpc) is 2.92. The van der Waals surface area contributed by atoms with Gasteiger partial charge < -0.3 is 10.0 Å². The molecule has 1 amide bonds. The number of rotatable bonds is 6. The highest BCUT2D eigenvalue weighted by molar-refractivity contribution is 5.83. The number of hydrogen-bond acceptors (Lipinski definition) is 2. The summed E-state index contributed by atoms with van der Waals surface area (Å²) in [7, 11) is 0. The van der Waals surface area contributed by atoms with Crippen LogP contribution in [0.4, 0.5) is 0 Å². The Morgan fingerprint density at radius 1 is 1.60 bits per heavy atom. The van der Waals surface area contributed by atoms with Gasteiger partial charge in [0.05, 0.1) is 0 Å². The number of carbonyl (C=O) groups excluding carboxylic acids is 1. The van der Waals surface area contributed by atoms with E-state index >= 15 is 0 Å². The summed E-state index contributed by atoms with van der Waals surface area (Å²) in [5.74, 6) is -0.900. The van der Waals surface area contributed by atoms with Gasteiger partial charge in [0.25, 0.3) is 0 Å². The van der Waals surface area contributed by atoms with Crippen molar-refractivity contribution in [3.8, 4) is 0 Å². The van der Waals surface area contributed by atoms with Crippen LogP contribution in [0.5, 0.6) is 0 Å². The van der Waals surface area contributed by atoms with Gasteiger partial charge in [-0.15, -0.1) is 0 Å². The maximum Gasteiger partial charge on any atom is 0.329 e. The number of aliphatic carboxylic acids is 1.